The molecule has 0 aliphatic carbocycles. The van der Waals surface area contributed by atoms with Crippen LogP contribution in [-0.2, 0) is 0 Å². The van der Waals surface area contributed by atoms with Crippen LogP contribution in [0, 0.1) is 0 Å². The van der Waals surface area contributed by atoms with Gasteiger partial charge in [-0.15, -0.1) is 0 Å². The molecule has 13 rings (SSSR count). The zero-order valence-corrected chi connectivity index (χ0v) is 30.5. The van der Waals surface area contributed by atoms with Crippen LogP contribution in [-0.4, -0.2) is 19.1 Å². The minimum absolute atomic E-state index is 0.626. The molecule has 4 aromatic heterocycles. The minimum atomic E-state index is 0.626. The Hall–Kier alpha value is -7.76. The molecule has 0 saturated heterocycles. The summed E-state index contributed by atoms with van der Waals surface area (Å²) < 4.78 is 11.3. The van der Waals surface area contributed by atoms with Gasteiger partial charge in [-0.05, 0) is 65.4 Å². The van der Waals surface area contributed by atoms with Crippen LogP contribution in [0.25, 0.3) is 121 Å². The van der Waals surface area contributed by atoms with Crippen LogP contribution in [0.1, 0.15) is 0 Å². The van der Waals surface area contributed by atoms with Gasteiger partial charge in [0.2, 0.25) is 0 Å². The molecule has 57 heavy (non-hydrogen) atoms. The summed E-state index contributed by atoms with van der Waals surface area (Å²) in [7, 11) is 0. The molecule has 5 heteroatoms. The zero-order chi connectivity index (χ0) is 37.2. The smallest absolute Gasteiger partial charge is 0.165 e. The van der Waals surface area contributed by atoms with Gasteiger partial charge in [0.1, 0.15) is 17.0 Å². The molecule has 0 spiro atoms. The maximum Gasteiger partial charge on any atom is 0.165 e. The Morgan fingerprint density at radius 2 is 1.05 bits per heavy atom. The van der Waals surface area contributed by atoms with Gasteiger partial charge in [-0.2, -0.15) is 0 Å². The van der Waals surface area contributed by atoms with Crippen molar-refractivity contribution in [3.05, 3.63) is 182 Å². The molecule has 0 aliphatic heterocycles. The number of para-hydroxylation sites is 5. The van der Waals surface area contributed by atoms with E-state index in [0.717, 1.165) is 66.3 Å². The molecule has 0 radical (unpaired) electrons. The van der Waals surface area contributed by atoms with Crippen molar-refractivity contribution in [1.82, 2.24) is 19.1 Å². The molecule has 0 fully saturated rings. The van der Waals surface area contributed by atoms with E-state index in [0.29, 0.717) is 5.82 Å². The van der Waals surface area contributed by atoms with Gasteiger partial charge in [-0.25, -0.2) is 9.97 Å². The summed E-state index contributed by atoms with van der Waals surface area (Å²) in [5, 5.41) is 12.8. The fraction of sp³-hybridized carbons (Fsp3) is 0. The summed E-state index contributed by atoms with van der Waals surface area (Å²) in [6.45, 7) is 0. The molecule has 13 aromatic rings. The van der Waals surface area contributed by atoms with E-state index in [4.69, 9.17) is 14.4 Å². The first kappa shape index (κ1) is 30.6. The molecular weight excluding hydrogens is 697 g/mol. The molecule has 0 bridgehead atoms. The lowest BCUT2D eigenvalue weighted by Crippen LogP contribution is -2.03. The summed E-state index contributed by atoms with van der Waals surface area (Å²) >= 11 is 0. The van der Waals surface area contributed by atoms with Gasteiger partial charge >= 0.3 is 0 Å². The highest BCUT2D eigenvalue weighted by atomic mass is 16.3. The molecule has 264 valence electrons. The van der Waals surface area contributed by atoms with Crippen molar-refractivity contribution in [3.8, 4) is 22.9 Å². The van der Waals surface area contributed by atoms with Gasteiger partial charge in [-0.3, -0.25) is 4.57 Å². The Kier molecular flexibility index (Phi) is 6.10. The molecule has 0 unspecified atom stereocenters. The van der Waals surface area contributed by atoms with Crippen LogP contribution < -0.4 is 0 Å². The van der Waals surface area contributed by atoms with E-state index < -0.39 is 0 Å². The van der Waals surface area contributed by atoms with E-state index in [2.05, 4.69) is 173 Å². The molecule has 5 nitrogen and oxygen atoms in total. The first-order valence-electron chi connectivity index (χ1n) is 19.3. The van der Waals surface area contributed by atoms with E-state index in [1.165, 1.54) is 48.7 Å². The van der Waals surface area contributed by atoms with Gasteiger partial charge in [0.15, 0.2) is 5.82 Å². The molecule has 0 amide bonds. The molecule has 0 saturated carbocycles. The Bertz CT molecular complexity index is 3830. The molecule has 0 N–H and O–H groups in total. The number of benzene rings is 9. The molecular formula is C52H30N4O. The highest BCUT2D eigenvalue weighted by molar-refractivity contribution is 6.21. The van der Waals surface area contributed by atoms with Crippen molar-refractivity contribution in [1.29, 1.82) is 0 Å². The first-order chi connectivity index (χ1) is 28.3. The van der Waals surface area contributed by atoms with Gasteiger partial charge in [0.25, 0.3) is 0 Å². The van der Waals surface area contributed by atoms with E-state index in [9.17, 15) is 0 Å². The lowest BCUT2D eigenvalue weighted by molar-refractivity contribution is 0.669. The average Bonchev–Trinajstić information content (AvgIpc) is 3.93. The molecule has 4 heterocycles. The van der Waals surface area contributed by atoms with Gasteiger partial charge in [-0.1, -0.05) is 127 Å². The predicted octanol–water partition coefficient (Wildman–Crippen LogP) is 13.7. The minimum Gasteiger partial charge on any atom is -0.455 e. The van der Waals surface area contributed by atoms with Crippen LogP contribution >= 0.6 is 0 Å². The van der Waals surface area contributed by atoms with Crippen molar-refractivity contribution in [2.45, 2.75) is 0 Å². The summed E-state index contributed by atoms with van der Waals surface area (Å²) in [6, 6.07) is 64.9. The third kappa shape index (κ3) is 4.23. The second-order valence-electron chi connectivity index (χ2n) is 14.9. The maximum absolute atomic E-state index is 6.50. The Balaban J connectivity index is 1.12. The van der Waals surface area contributed by atoms with E-state index >= 15 is 0 Å². The number of fused-ring (bicyclic) bond motifs is 13. The second-order valence-corrected chi connectivity index (χ2v) is 14.9. The number of nitrogens with zero attached hydrogens (tertiary/aromatic N) is 4. The number of rotatable bonds is 3. The van der Waals surface area contributed by atoms with Crippen LogP contribution in [0.3, 0.4) is 0 Å². The first-order valence-corrected chi connectivity index (χ1v) is 19.3. The summed E-state index contributed by atoms with van der Waals surface area (Å²) in [4.78, 5) is 10.6. The van der Waals surface area contributed by atoms with Gasteiger partial charge in [0.05, 0.1) is 38.8 Å². The third-order valence-electron chi connectivity index (χ3n) is 11.9. The van der Waals surface area contributed by atoms with Crippen LogP contribution in [0.4, 0.5) is 0 Å². The molecule has 0 aliphatic rings. The van der Waals surface area contributed by atoms with Crippen molar-refractivity contribution in [2.24, 2.45) is 0 Å². The van der Waals surface area contributed by atoms with E-state index in [1.54, 1.807) is 0 Å². The van der Waals surface area contributed by atoms with Gasteiger partial charge < -0.3 is 8.98 Å². The molecule has 0 atom stereocenters. The number of hydrogen-bond donors (Lipinski definition) is 0. The number of furan rings is 1. The van der Waals surface area contributed by atoms with Crippen LogP contribution in [0.15, 0.2) is 186 Å². The molecule has 9 aromatic carbocycles. The maximum atomic E-state index is 6.50. The largest absolute Gasteiger partial charge is 0.455 e. The van der Waals surface area contributed by atoms with E-state index in [1.807, 2.05) is 18.2 Å². The van der Waals surface area contributed by atoms with Crippen molar-refractivity contribution in [3.63, 3.8) is 0 Å². The quantitative estimate of drug-likeness (QED) is 0.182. The summed E-state index contributed by atoms with van der Waals surface area (Å²) in [5.74, 6) is 1.46. The SMILES string of the molecule is c1cc(-n2c3ccccc3c3ccc4ccccc4c32)c2cc3c4ccccc4n(-c4nc(-c5cccc6c5oc5ccccc56)nc5ccccc45)c3cc2c1. The fourth-order valence-electron chi connectivity index (χ4n) is 9.40. The fourth-order valence-corrected chi connectivity index (χ4v) is 9.40. The second kappa shape index (κ2) is 11.4. The average molecular weight is 727 g/mol. The Morgan fingerprint density at radius 1 is 0.386 bits per heavy atom. The van der Waals surface area contributed by atoms with E-state index in [-0.39, 0.29) is 0 Å². The Labute approximate surface area is 325 Å². The lowest BCUT2D eigenvalue weighted by atomic mass is 10.0. The van der Waals surface area contributed by atoms with Gasteiger partial charge in [0, 0.05) is 48.5 Å². The highest BCUT2D eigenvalue weighted by Gasteiger charge is 2.22. The zero-order valence-electron chi connectivity index (χ0n) is 30.5. The third-order valence-corrected chi connectivity index (χ3v) is 11.9. The van der Waals surface area contributed by atoms with Crippen molar-refractivity contribution >= 4 is 98.0 Å². The standard InChI is InChI=1S/C52H30N4O/c1-2-15-33-31(13-1)27-28-37-34-16-4-8-23-44(34)55(49(33)37)46-25-11-14-32-29-47-42(30-41(32)46)35-17-5-9-24-45(35)56(47)52-39-19-3-7-22-43(39)53-51(54-52)40-21-12-20-38-36-18-6-10-26-48(36)57-50(38)40/h1-30H. The topological polar surface area (TPSA) is 48.8 Å². The summed E-state index contributed by atoms with van der Waals surface area (Å²) in [6.07, 6.45) is 0. The number of aromatic nitrogens is 4. The number of hydrogen-bond acceptors (Lipinski definition) is 3. The lowest BCUT2D eigenvalue weighted by Gasteiger charge is -2.15. The highest BCUT2D eigenvalue weighted by Crippen LogP contribution is 2.42. The van der Waals surface area contributed by atoms with Crippen molar-refractivity contribution in [2.75, 3.05) is 0 Å². The Morgan fingerprint density at radius 3 is 1.93 bits per heavy atom. The van der Waals surface area contributed by atoms with Crippen LogP contribution in [0.5, 0.6) is 0 Å². The monoisotopic (exact) mass is 726 g/mol. The van der Waals surface area contributed by atoms with Crippen LogP contribution in [0.2, 0.25) is 0 Å². The normalized spacial score (nSPS) is 12.2. The summed E-state index contributed by atoms with van der Waals surface area (Å²) in [5.41, 5.74) is 9.13. The predicted molar refractivity (Wildman–Crippen MR) is 236 cm³/mol. The van der Waals surface area contributed by atoms with Crippen molar-refractivity contribution < 1.29 is 4.42 Å².